The quantitative estimate of drug-likeness (QED) is 0.201. The Bertz CT molecular complexity index is 1660. The SMILES string of the molecule is BC(B)(B)NC(=O)c1nnc(NC(=O)C2CC2)cc1Nc1cc(F)cc(-c2cc(C(=O)N3CCNC(=O)C3)n(C)n2)c1OC. The molecule has 4 N–H and O–H groups in total. The molecule has 0 unspecified atom stereocenters. The van der Waals surface area contributed by atoms with Gasteiger partial charge in [0.25, 0.3) is 11.8 Å². The maximum atomic E-state index is 15.1. The van der Waals surface area contributed by atoms with Crippen LogP contribution in [0.3, 0.4) is 0 Å². The summed E-state index contributed by atoms with van der Waals surface area (Å²) in [6.45, 7) is 0.606. The van der Waals surface area contributed by atoms with E-state index in [9.17, 15) is 19.2 Å². The van der Waals surface area contributed by atoms with Gasteiger partial charge in [-0.3, -0.25) is 23.9 Å². The molecule has 3 aromatic rings. The van der Waals surface area contributed by atoms with E-state index in [0.717, 1.165) is 12.8 Å². The number of nitrogens with one attached hydrogen (secondary N) is 4. The Hall–Kier alpha value is -4.89. The highest BCUT2D eigenvalue weighted by Gasteiger charge is 2.31. The Kier molecular flexibility index (Phi) is 8.34. The molecular formula is C26H31B3FN9O5. The molecular weight excluding hydrogens is 570 g/mol. The monoisotopic (exact) mass is 601 g/mol. The molecule has 2 aromatic heterocycles. The number of amides is 4. The third-order valence-corrected chi connectivity index (χ3v) is 6.92. The van der Waals surface area contributed by atoms with Crippen LogP contribution >= 0.6 is 0 Å². The van der Waals surface area contributed by atoms with Crippen LogP contribution in [0.4, 0.5) is 21.6 Å². The molecule has 5 rings (SSSR count). The summed E-state index contributed by atoms with van der Waals surface area (Å²) in [5, 5.41) is 23.2. The highest BCUT2D eigenvalue weighted by molar-refractivity contribution is 6.60. The molecule has 1 saturated carbocycles. The van der Waals surface area contributed by atoms with Crippen LogP contribution in [0.1, 0.15) is 33.8 Å². The van der Waals surface area contributed by atoms with Crippen LogP contribution in [0, 0.1) is 11.7 Å². The van der Waals surface area contributed by atoms with Gasteiger partial charge >= 0.3 is 0 Å². The van der Waals surface area contributed by atoms with Crippen molar-refractivity contribution in [3.63, 3.8) is 0 Å². The maximum absolute atomic E-state index is 15.1. The smallest absolute Gasteiger partial charge is 0.272 e. The molecule has 44 heavy (non-hydrogen) atoms. The molecule has 1 saturated heterocycles. The zero-order valence-electron chi connectivity index (χ0n) is 25.1. The first-order valence-corrected chi connectivity index (χ1v) is 14.1. The molecule has 18 heteroatoms. The van der Waals surface area contributed by atoms with Crippen molar-refractivity contribution in [2.75, 3.05) is 37.4 Å². The van der Waals surface area contributed by atoms with Crippen molar-refractivity contribution < 1.29 is 28.3 Å². The fraction of sp³-hybridized carbons (Fsp3) is 0.346. The summed E-state index contributed by atoms with van der Waals surface area (Å²) in [5.74, 6) is -1.85. The Morgan fingerprint density at radius 3 is 2.52 bits per heavy atom. The molecule has 226 valence electrons. The molecule has 1 aliphatic heterocycles. The number of rotatable bonds is 9. The highest BCUT2D eigenvalue weighted by Crippen LogP contribution is 2.39. The number of anilines is 3. The lowest BCUT2D eigenvalue weighted by atomic mass is 9.49. The molecule has 0 bridgehead atoms. The first-order chi connectivity index (χ1) is 20.8. The van der Waals surface area contributed by atoms with Gasteiger partial charge in [0.05, 0.1) is 30.7 Å². The van der Waals surface area contributed by atoms with E-state index >= 15 is 4.39 Å². The third kappa shape index (κ3) is 6.84. The van der Waals surface area contributed by atoms with Gasteiger partial charge in [-0.2, -0.15) is 5.10 Å². The number of carbonyl (C=O) groups is 4. The van der Waals surface area contributed by atoms with Gasteiger partial charge in [-0.1, -0.05) is 0 Å². The van der Waals surface area contributed by atoms with E-state index in [2.05, 4.69) is 36.6 Å². The van der Waals surface area contributed by atoms with Gasteiger partial charge in [0.15, 0.2) is 17.3 Å². The number of nitrogens with zero attached hydrogens (tertiary/aromatic N) is 5. The number of hydrogen-bond donors (Lipinski definition) is 4. The number of aromatic nitrogens is 4. The van der Waals surface area contributed by atoms with Crippen molar-refractivity contribution in [2.24, 2.45) is 13.0 Å². The summed E-state index contributed by atoms with van der Waals surface area (Å²) in [6, 6.07) is 5.34. The lowest BCUT2D eigenvalue weighted by molar-refractivity contribution is -0.123. The number of carbonyl (C=O) groups excluding carboxylic acids is 4. The highest BCUT2D eigenvalue weighted by atomic mass is 19.1. The van der Waals surface area contributed by atoms with Crippen molar-refractivity contribution in [3.8, 4) is 17.0 Å². The van der Waals surface area contributed by atoms with Gasteiger partial charge in [-0.05, 0) is 30.2 Å². The lowest BCUT2D eigenvalue weighted by Gasteiger charge is -2.26. The molecule has 4 amide bonds. The average Bonchev–Trinajstić information content (AvgIpc) is 3.73. The van der Waals surface area contributed by atoms with Crippen LogP contribution in [-0.4, -0.2) is 104 Å². The van der Waals surface area contributed by atoms with E-state index in [1.807, 2.05) is 23.5 Å². The minimum absolute atomic E-state index is 0.0785. The molecule has 3 heterocycles. The fourth-order valence-electron chi connectivity index (χ4n) is 4.70. The fourth-order valence-corrected chi connectivity index (χ4v) is 4.70. The van der Waals surface area contributed by atoms with Crippen molar-refractivity contribution in [1.29, 1.82) is 0 Å². The summed E-state index contributed by atoms with van der Waals surface area (Å²) in [7, 11) is 8.39. The zero-order valence-corrected chi connectivity index (χ0v) is 25.1. The van der Waals surface area contributed by atoms with E-state index < -0.39 is 22.9 Å². The first-order valence-electron chi connectivity index (χ1n) is 14.1. The van der Waals surface area contributed by atoms with Crippen LogP contribution in [0.5, 0.6) is 5.75 Å². The summed E-state index contributed by atoms with van der Waals surface area (Å²) in [5.41, 5.74) is 0.854. The third-order valence-electron chi connectivity index (χ3n) is 6.92. The molecule has 0 spiro atoms. The molecule has 1 aromatic carbocycles. The first kappa shape index (κ1) is 30.6. The molecule has 2 fully saturated rings. The minimum Gasteiger partial charge on any atom is -0.494 e. The second-order valence-electron chi connectivity index (χ2n) is 11.7. The number of piperazine rings is 1. The van der Waals surface area contributed by atoms with E-state index in [1.165, 1.54) is 41.0 Å². The Labute approximate surface area is 255 Å². The van der Waals surface area contributed by atoms with Gasteiger partial charge < -0.3 is 30.9 Å². The van der Waals surface area contributed by atoms with Crippen LogP contribution in [0.25, 0.3) is 11.3 Å². The van der Waals surface area contributed by atoms with Crippen LogP contribution in [-0.2, 0) is 16.6 Å². The topological polar surface area (TPSA) is 172 Å². The molecule has 0 radical (unpaired) electrons. The van der Waals surface area contributed by atoms with Gasteiger partial charge in [0.1, 0.15) is 35.0 Å². The van der Waals surface area contributed by atoms with Crippen LogP contribution < -0.4 is 26.0 Å². The number of halogens is 1. The average molecular weight is 601 g/mol. The summed E-state index contributed by atoms with van der Waals surface area (Å²) >= 11 is 0. The second kappa shape index (κ2) is 12.0. The zero-order chi connectivity index (χ0) is 31.8. The number of hydrogen-bond acceptors (Lipinski definition) is 9. The Morgan fingerprint density at radius 2 is 1.86 bits per heavy atom. The summed E-state index contributed by atoms with van der Waals surface area (Å²) in [4.78, 5) is 52.0. The summed E-state index contributed by atoms with van der Waals surface area (Å²) < 4.78 is 22.2. The normalized spacial score (nSPS) is 14.9. The number of aryl methyl sites for hydroxylation is 1. The standard InChI is InChI=1S/C26H31B3FN9O5/c1-38-18(25(43)39-6-5-31-20(40)11-39)9-15(37-38)14-7-13(30)8-17(22(14)44-2)32-16-10-19(33-23(41)12-3-4-12)35-36-21(16)24(42)34-26(27,28)29/h7-10,12H,3-6,11,27-29H2,1-2H3,(H,31,40)(H,34,42)(H2,32,33,35,41). The van der Waals surface area contributed by atoms with E-state index in [-0.39, 0.29) is 69.9 Å². The predicted octanol–water partition coefficient (Wildman–Crippen LogP) is -2.07. The number of ether oxygens (including phenoxy) is 1. The van der Waals surface area contributed by atoms with Crippen LogP contribution in [0.15, 0.2) is 24.3 Å². The summed E-state index contributed by atoms with van der Waals surface area (Å²) in [6.07, 6.45) is 1.57. The van der Waals surface area contributed by atoms with Gasteiger partial charge in [-0.25, -0.2) is 4.39 Å². The molecule has 14 nitrogen and oxygen atoms in total. The maximum Gasteiger partial charge on any atom is 0.272 e. The van der Waals surface area contributed by atoms with Crippen molar-refractivity contribution in [1.82, 2.24) is 35.5 Å². The number of methoxy groups -OCH3 is 1. The molecule has 0 atom stereocenters. The van der Waals surface area contributed by atoms with Gasteiger partial charge in [0.2, 0.25) is 11.8 Å². The van der Waals surface area contributed by atoms with Crippen molar-refractivity contribution >= 4 is 64.4 Å². The molecule has 1 aliphatic carbocycles. The second-order valence-corrected chi connectivity index (χ2v) is 11.7. The van der Waals surface area contributed by atoms with E-state index in [4.69, 9.17) is 4.74 Å². The van der Waals surface area contributed by atoms with E-state index in [1.54, 1.807) is 7.05 Å². The minimum atomic E-state index is -0.653. The van der Waals surface area contributed by atoms with Crippen LogP contribution in [0.2, 0.25) is 0 Å². The van der Waals surface area contributed by atoms with Gasteiger partial charge in [-0.15, -0.1) is 10.2 Å². The lowest BCUT2D eigenvalue weighted by Crippen LogP contribution is -2.50. The Morgan fingerprint density at radius 1 is 1.11 bits per heavy atom. The van der Waals surface area contributed by atoms with E-state index in [0.29, 0.717) is 13.1 Å². The largest absolute Gasteiger partial charge is 0.494 e. The molecule has 2 aliphatic rings. The predicted molar refractivity (Wildman–Crippen MR) is 167 cm³/mol. The number of benzene rings is 1. The Balaban J connectivity index is 1.52. The van der Waals surface area contributed by atoms with Crippen molar-refractivity contribution in [3.05, 3.63) is 41.5 Å². The van der Waals surface area contributed by atoms with Crippen molar-refractivity contribution in [2.45, 2.75) is 18.1 Å². The van der Waals surface area contributed by atoms with Gasteiger partial charge in [0, 0.05) is 43.8 Å².